The number of pyridine rings is 1. The normalized spacial score (nSPS) is 11.0. The van der Waals surface area contributed by atoms with Crippen molar-refractivity contribution in [1.82, 2.24) is 15.2 Å². The molecule has 0 aliphatic carbocycles. The van der Waals surface area contributed by atoms with Crippen LogP contribution in [0.2, 0.25) is 5.15 Å². The van der Waals surface area contributed by atoms with Crippen molar-refractivity contribution in [2.75, 3.05) is 5.32 Å². The summed E-state index contributed by atoms with van der Waals surface area (Å²) in [5.41, 5.74) is 3.58. The number of aromatic nitrogens is 3. The molecular weight excluding hydrogens is 397 g/mol. The molecule has 0 saturated carbocycles. The number of nitro groups is 1. The number of aromatic amines is 1. The highest BCUT2D eigenvalue weighted by molar-refractivity contribution is 6.33. The van der Waals surface area contributed by atoms with Crippen LogP contribution in [-0.2, 0) is 6.54 Å². The molecule has 7 nitrogen and oxygen atoms in total. The van der Waals surface area contributed by atoms with E-state index >= 15 is 0 Å². The molecule has 0 spiro atoms. The number of para-hydroxylation sites is 1. The zero-order chi connectivity index (χ0) is 20.5. The summed E-state index contributed by atoms with van der Waals surface area (Å²) >= 11 is 6.08. The molecule has 0 fully saturated rings. The molecule has 4 aromatic rings. The first kappa shape index (κ1) is 18.8. The van der Waals surface area contributed by atoms with Gasteiger partial charge in [-0.15, -0.1) is 0 Å². The second-order valence-electron chi connectivity index (χ2n) is 6.43. The van der Waals surface area contributed by atoms with Gasteiger partial charge >= 0.3 is 5.69 Å². The third-order valence-corrected chi connectivity index (χ3v) is 4.86. The van der Waals surface area contributed by atoms with Crippen molar-refractivity contribution in [3.05, 3.63) is 81.0 Å². The Morgan fingerprint density at radius 1 is 1.21 bits per heavy atom. The van der Waals surface area contributed by atoms with E-state index in [1.165, 1.54) is 12.1 Å². The van der Waals surface area contributed by atoms with Crippen LogP contribution in [0.15, 0.2) is 48.5 Å². The number of rotatable bonds is 5. The van der Waals surface area contributed by atoms with Crippen LogP contribution in [0.3, 0.4) is 0 Å². The van der Waals surface area contributed by atoms with Crippen molar-refractivity contribution >= 4 is 33.9 Å². The maximum Gasteiger partial charge on any atom is 0.329 e. The summed E-state index contributed by atoms with van der Waals surface area (Å²) in [7, 11) is 0. The van der Waals surface area contributed by atoms with Crippen LogP contribution in [0.1, 0.15) is 11.4 Å². The molecule has 0 unspecified atom stereocenters. The number of aryl methyl sites for hydroxylation is 1. The average Bonchev–Trinajstić information content (AvgIpc) is 3.06. The van der Waals surface area contributed by atoms with Gasteiger partial charge in [-0.05, 0) is 30.7 Å². The van der Waals surface area contributed by atoms with E-state index in [2.05, 4.69) is 20.5 Å². The number of nitrogens with zero attached hydrogens (tertiary/aromatic N) is 3. The molecule has 29 heavy (non-hydrogen) atoms. The first-order chi connectivity index (χ1) is 14.0. The fourth-order valence-electron chi connectivity index (χ4n) is 3.30. The Morgan fingerprint density at radius 2 is 1.93 bits per heavy atom. The van der Waals surface area contributed by atoms with Gasteiger partial charge in [-0.3, -0.25) is 15.2 Å². The number of anilines is 1. The maximum atomic E-state index is 13.3. The lowest BCUT2D eigenvalue weighted by molar-refractivity contribution is -0.384. The van der Waals surface area contributed by atoms with Crippen molar-refractivity contribution in [2.45, 2.75) is 13.5 Å². The third-order valence-electron chi connectivity index (χ3n) is 4.59. The smallest absolute Gasteiger partial charge is 0.329 e. The van der Waals surface area contributed by atoms with Gasteiger partial charge in [0.05, 0.1) is 22.7 Å². The number of benzene rings is 2. The molecule has 0 saturated heterocycles. The predicted octanol–water partition coefficient (Wildman–Crippen LogP) is 5.25. The van der Waals surface area contributed by atoms with E-state index in [1.54, 1.807) is 36.4 Å². The molecule has 0 aliphatic rings. The highest BCUT2D eigenvalue weighted by Gasteiger charge is 2.24. The van der Waals surface area contributed by atoms with E-state index in [9.17, 15) is 14.5 Å². The first-order valence-electron chi connectivity index (χ1n) is 8.72. The molecule has 0 aliphatic heterocycles. The largest absolute Gasteiger partial charge is 0.373 e. The van der Waals surface area contributed by atoms with E-state index in [0.717, 1.165) is 16.8 Å². The quantitative estimate of drug-likeness (QED) is 0.266. The summed E-state index contributed by atoms with van der Waals surface area (Å²) in [5.74, 6) is -0.330. The predicted molar refractivity (Wildman–Crippen MR) is 109 cm³/mol. The molecule has 0 atom stereocenters. The fraction of sp³-hybridized carbons (Fsp3) is 0.100. The van der Waals surface area contributed by atoms with Crippen molar-refractivity contribution in [1.29, 1.82) is 0 Å². The third kappa shape index (κ3) is 3.50. The minimum atomic E-state index is -0.555. The number of nitrogens with one attached hydrogen (secondary N) is 2. The Kier molecular flexibility index (Phi) is 4.85. The highest BCUT2D eigenvalue weighted by Crippen LogP contribution is 2.38. The van der Waals surface area contributed by atoms with E-state index in [1.807, 2.05) is 6.92 Å². The lowest BCUT2D eigenvalue weighted by Gasteiger charge is -2.11. The van der Waals surface area contributed by atoms with Crippen molar-refractivity contribution < 1.29 is 9.31 Å². The Hall–Kier alpha value is -3.52. The van der Waals surface area contributed by atoms with Gasteiger partial charge in [-0.25, -0.2) is 9.37 Å². The number of hydrogen-bond acceptors (Lipinski definition) is 5. The second-order valence-corrected chi connectivity index (χ2v) is 6.79. The van der Waals surface area contributed by atoms with E-state index in [-0.39, 0.29) is 28.9 Å². The van der Waals surface area contributed by atoms with Crippen LogP contribution in [0, 0.1) is 22.9 Å². The van der Waals surface area contributed by atoms with Gasteiger partial charge in [-0.2, -0.15) is 5.10 Å². The number of fused-ring (bicyclic) bond motifs is 1. The molecule has 4 rings (SSSR count). The Balaban J connectivity index is 1.76. The van der Waals surface area contributed by atoms with Crippen molar-refractivity contribution in [3.63, 3.8) is 0 Å². The van der Waals surface area contributed by atoms with E-state index in [0.29, 0.717) is 16.6 Å². The minimum absolute atomic E-state index is 0.187. The Bertz CT molecular complexity index is 1220. The zero-order valence-corrected chi connectivity index (χ0v) is 16.0. The zero-order valence-electron chi connectivity index (χ0n) is 15.2. The van der Waals surface area contributed by atoms with Crippen LogP contribution in [0.5, 0.6) is 0 Å². The van der Waals surface area contributed by atoms with E-state index in [4.69, 9.17) is 11.6 Å². The summed E-state index contributed by atoms with van der Waals surface area (Å²) in [4.78, 5) is 15.2. The van der Waals surface area contributed by atoms with E-state index < -0.39 is 4.92 Å². The number of hydrogen-bond donors (Lipinski definition) is 2. The highest BCUT2D eigenvalue weighted by atomic mass is 35.5. The second kappa shape index (κ2) is 7.48. The van der Waals surface area contributed by atoms with Gasteiger partial charge in [0.2, 0.25) is 5.15 Å². The molecule has 146 valence electrons. The first-order valence-corrected chi connectivity index (χ1v) is 9.09. The van der Waals surface area contributed by atoms with Crippen LogP contribution < -0.4 is 5.32 Å². The van der Waals surface area contributed by atoms with Crippen molar-refractivity contribution in [3.8, 4) is 11.1 Å². The maximum absolute atomic E-state index is 13.3. The lowest BCUT2D eigenvalue weighted by Crippen LogP contribution is -2.06. The van der Waals surface area contributed by atoms with Gasteiger partial charge in [0.15, 0.2) is 0 Å². The molecule has 2 N–H and O–H groups in total. The summed E-state index contributed by atoms with van der Waals surface area (Å²) in [6.07, 6.45) is 0. The molecular formula is C20H15ClFN5O2. The summed E-state index contributed by atoms with van der Waals surface area (Å²) < 4.78 is 13.3. The molecule has 2 heterocycles. The SMILES string of the molecule is Cc1[nH]nc(CNc2c([N+](=O)[O-])c(Cl)nc3ccccc23)c1-c1ccc(F)cc1. The Morgan fingerprint density at radius 3 is 2.66 bits per heavy atom. The number of halogens is 2. The van der Waals surface area contributed by atoms with Crippen molar-refractivity contribution in [2.24, 2.45) is 0 Å². The average molecular weight is 412 g/mol. The number of H-pyrrole nitrogens is 1. The molecule has 2 aromatic heterocycles. The summed E-state index contributed by atoms with van der Waals surface area (Å²) in [5, 5.41) is 22.3. The van der Waals surface area contributed by atoms with Crippen LogP contribution in [0.25, 0.3) is 22.0 Å². The fourth-order valence-corrected chi connectivity index (χ4v) is 3.55. The van der Waals surface area contributed by atoms with Gasteiger partial charge in [0.25, 0.3) is 0 Å². The monoisotopic (exact) mass is 411 g/mol. The van der Waals surface area contributed by atoms with Gasteiger partial charge in [-0.1, -0.05) is 41.9 Å². The molecule has 2 aromatic carbocycles. The molecule has 0 amide bonds. The standard InChI is InChI=1S/C20H15ClFN5O2/c1-11-17(12-6-8-13(22)9-7-12)16(26-25-11)10-23-18-14-4-2-3-5-15(14)24-20(21)19(18)27(28)29/h2-9H,10H2,1H3,(H,23,24)(H,25,26). The Labute approximate surface area is 169 Å². The van der Waals surface area contributed by atoms with Gasteiger partial charge in [0, 0.05) is 16.6 Å². The molecule has 0 radical (unpaired) electrons. The topological polar surface area (TPSA) is 96.7 Å². The molecule has 0 bridgehead atoms. The minimum Gasteiger partial charge on any atom is -0.373 e. The summed E-state index contributed by atoms with van der Waals surface area (Å²) in [6, 6.07) is 13.1. The van der Waals surface area contributed by atoms with Gasteiger partial charge < -0.3 is 5.32 Å². The van der Waals surface area contributed by atoms with Crippen LogP contribution >= 0.6 is 11.6 Å². The van der Waals surface area contributed by atoms with Gasteiger partial charge in [0.1, 0.15) is 11.5 Å². The lowest BCUT2D eigenvalue weighted by atomic mass is 10.0. The van der Waals surface area contributed by atoms with Crippen LogP contribution in [-0.4, -0.2) is 20.1 Å². The summed E-state index contributed by atoms with van der Waals surface area (Å²) in [6.45, 7) is 2.05. The van der Waals surface area contributed by atoms with Crippen LogP contribution in [0.4, 0.5) is 15.8 Å². The molecule has 9 heteroatoms.